The molecule has 0 spiro atoms. The molecule has 158 valence electrons. The van der Waals surface area contributed by atoms with Crippen molar-refractivity contribution in [2.45, 2.75) is 37.3 Å². The average Bonchev–Trinajstić information content (AvgIpc) is 2.67. The fourth-order valence-electron chi connectivity index (χ4n) is 2.95. The Hall–Kier alpha value is -2.33. The molecule has 0 saturated carbocycles. The smallest absolute Gasteiger partial charge is 0.270 e. The van der Waals surface area contributed by atoms with Crippen molar-refractivity contribution in [3.63, 3.8) is 0 Å². The molecular weight excluding hydrogens is 394 g/mol. The summed E-state index contributed by atoms with van der Waals surface area (Å²) in [7, 11) is -4.04. The van der Waals surface area contributed by atoms with Gasteiger partial charge in [-0.15, -0.1) is 0 Å². The van der Waals surface area contributed by atoms with Crippen LogP contribution < -0.4 is 5.73 Å². The van der Waals surface area contributed by atoms with Gasteiger partial charge in [-0.2, -0.15) is 4.31 Å². The molecule has 2 aromatic rings. The summed E-state index contributed by atoms with van der Waals surface area (Å²) in [5.41, 5.74) is 6.75. The Bertz CT molecular complexity index is 919. The number of nitrogens with zero attached hydrogens (tertiary/aromatic N) is 2. The van der Waals surface area contributed by atoms with E-state index < -0.39 is 27.1 Å². The zero-order valence-corrected chi connectivity index (χ0v) is 17.3. The molecule has 2 atom stereocenters. The minimum absolute atomic E-state index is 0.0129. The van der Waals surface area contributed by atoms with E-state index in [9.17, 15) is 23.6 Å². The Morgan fingerprint density at radius 2 is 1.76 bits per heavy atom. The molecule has 0 radical (unpaired) electrons. The molecular formula is C20H27N3O5S. The van der Waals surface area contributed by atoms with Gasteiger partial charge >= 0.3 is 0 Å². The molecule has 0 bridgehead atoms. The van der Waals surface area contributed by atoms with Gasteiger partial charge < -0.3 is 10.8 Å². The molecule has 8 nitrogen and oxygen atoms in total. The molecule has 0 aromatic heterocycles. The fourth-order valence-corrected chi connectivity index (χ4v) is 4.61. The van der Waals surface area contributed by atoms with Crippen LogP contribution in [-0.4, -0.2) is 48.0 Å². The quantitative estimate of drug-likeness (QED) is 0.447. The van der Waals surface area contributed by atoms with Gasteiger partial charge in [-0.25, -0.2) is 8.42 Å². The number of hydrogen-bond donors (Lipinski definition) is 2. The summed E-state index contributed by atoms with van der Waals surface area (Å²) in [6.45, 7) is 3.66. The lowest BCUT2D eigenvalue weighted by atomic mass is 10.0. The molecule has 0 aliphatic heterocycles. The van der Waals surface area contributed by atoms with E-state index in [2.05, 4.69) is 0 Å². The maximum Gasteiger partial charge on any atom is 0.270 e. The first kappa shape index (κ1) is 23.0. The number of rotatable bonds is 10. The molecule has 29 heavy (non-hydrogen) atoms. The van der Waals surface area contributed by atoms with Crippen molar-refractivity contribution in [3.05, 3.63) is 70.3 Å². The Labute approximate surface area is 171 Å². The molecule has 0 amide bonds. The Balaban J connectivity index is 2.23. The van der Waals surface area contributed by atoms with E-state index in [1.54, 1.807) is 0 Å². The number of nitrogens with two attached hydrogens (primary N) is 1. The Kier molecular flexibility index (Phi) is 7.86. The third-order valence-corrected chi connectivity index (χ3v) is 6.26. The van der Waals surface area contributed by atoms with Crippen LogP contribution in [0.3, 0.4) is 0 Å². The van der Waals surface area contributed by atoms with Crippen molar-refractivity contribution in [1.29, 1.82) is 0 Å². The van der Waals surface area contributed by atoms with Crippen LogP contribution in [0.4, 0.5) is 5.69 Å². The topological polar surface area (TPSA) is 127 Å². The van der Waals surface area contributed by atoms with Crippen molar-refractivity contribution in [2.24, 2.45) is 11.7 Å². The second-order valence-electron chi connectivity index (χ2n) is 7.39. The first-order valence-electron chi connectivity index (χ1n) is 9.33. The molecule has 3 N–H and O–H groups in total. The number of hydrogen-bond acceptors (Lipinski definition) is 6. The lowest BCUT2D eigenvalue weighted by Crippen LogP contribution is -2.47. The van der Waals surface area contributed by atoms with E-state index in [0.717, 1.165) is 15.9 Å². The average molecular weight is 422 g/mol. The molecule has 0 saturated heterocycles. The Morgan fingerprint density at radius 3 is 2.34 bits per heavy atom. The summed E-state index contributed by atoms with van der Waals surface area (Å²) in [4.78, 5) is 10.2. The highest BCUT2D eigenvalue weighted by atomic mass is 32.2. The van der Waals surface area contributed by atoms with Gasteiger partial charge in [-0.3, -0.25) is 10.1 Å². The summed E-state index contributed by atoms with van der Waals surface area (Å²) in [5, 5.41) is 21.6. The van der Waals surface area contributed by atoms with Crippen molar-refractivity contribution in [2.75, 3.05) is 13.1 Å². The van der Waals surface area contributed by atoms with Gasteiger partial charge in [-0.1, -0.05) is 50.2 Å². The largest absolute Gasteiger partial charge is 0.390 e. The summed E-state index contributed by atoms with van der Waals surface area (Å²) in [5.74, 6) is -0.0129. The second-order valence-corrected chi connectivity index (χ2v) is 9.33. The second kappa shape index (κ2) is 9.93. The number of nitro benzene ring substituents is 1. The van der Waals surface area contributed by atoms with Crippen molar-refractivity contribution < 1.29 is 18.4 Å². The predicted molar refractivity (Wildman–Crippen MR) is 111 cm³/mol. The van der Waals surface area contributed by atoms with Crippen LogP contribution in [0.2, 0.25) is 0 Å². The Morgan fingerprint density at radius 1 is 1.10 bits per heavy atom. The van der Waals surface area contributed by atoms with Gasteiger partial charge in [0.15, 0.2) is 0 Å². The van der Waals surface area contributed by atoms with Gasteiger partial charge in [0.1, 0.15) is 0 Å². The van der Waals surface area contributed by atoms with Crippen LogP contribution in [-0.2, 0) is 16.4 Å². The third kappa shape index (κ3) is 6.33. The molecule has 0 heterocycles. The van der Waals surface area contributed by atoms with Gasteiger partial charge in [0.05, 0.1) is 15.9 Å². The van der Waals surface area contributed by atoms with Crippen LogP contribution in [0.1, 0.15) is 19.4 Å². The van der Waals surface area contributed by atoms with Crippen molar-refractivity contribution >= 4 is 15.7 Å². The number of non-ortho nitro benzene ring substituents is 1. The van der Waals surface area contributed by atoms with Crippen LogP contribution >= 0.6 is 0 Å². The number of benzene rings is 2. The van der Waals surface area contributed by atoms with Crippen LogP contribution in [0, 0.1) is 16.0 Å². The molecule has 2 unspecified atom stereocenters. The monoisotopic (exact) mass is 421 g/mol. The molecule has 2 rings (SSSR count). The number of aliphatic hydroxyl groups excluding tert-OH is 1. The number of nitro groups is 1. The van der Waals surface area contributed by atoms with Gasteiger partial charge in [0.2, 0.25) is 10.0 Å². The zero-order valence-electron chi connectivity index (χ0n) is 16.5. The van der Waals surface area contributed by atoms with Crippen LogP contribution in [0.25, 0.3) is 0 Å². The molecule has 9 heteroatoms. The van der Waals surface area contributed by atoms with E-state index in [0.29, 0.717) is 6.42 Å². The lowest BCUT2D eigenvalue weighted by molar-refractivity contribution is -0.385. The normalized spacial score (nSPS) is 14.1. The van der Waals surface area contributed by atoms with Crippen molar-refractivity contribution in [1.82, 2.24) is 4.31 Å². The minimum Gasteiger partial charge on any atom is -0.390 e. The van der Waals surface area contributed by atoms with E-state index in [-0.39, 0.29) is 29.6 Å². The van der Waals surface area contributed by atoms with Crippen molar-refractivity contribution in [3.8, 4) is 0 Å². The van der Waals surface area contributed by atoms with E-state index in [1.807, 2.05) is 44.2 Å². The van der Waals surface area contributed by atoms with Gasteiger partial charge in [0.25, 0.3) is 5.69 Å². The highest BCUT2D eigenvalue weighted by Gasteiger charge is 2.30. The van der Waals surface area contributed by atoms with Gasteiger partial charge in [-0.05, 0) is 24.0 Å². The highest BCUT2D eigenvalue weighted by Crippen LogP contribution is 2.22. The van der Waals surface area contributed by atoms with Gasteiger partial charge in [0, 0.05) is 31.3 Å². The SMILES string of the molecule is CC(C)CN(CC(O)C(N)Cc1ccccc1)S(=O)(=O)c1cccc([N+](=O)[O-])c1. The minimum atomic E-state index is -4.04. The summed E-state index contributed by atoms with van der Waals surface area (Å²) >= 11 is 0. The predicted octanol–water partition coefficient (Wildman–Crippen LogP) is 2.17. The molecule has 2 aromatic carbocycles. The summed E-state index contributed by atoms with van der Waals surface area (Å²) < 4.78 is 27.4. The van der Waals surface area contributed by atoms with Crippen LogP contribution in [0.15, 0.2) is 59.5 Å². The van der Waals surface area contributed by atoms with Crippen LogP contribution in [0.5, 0.6) is 0 Å². The highest BCUT2D eigenvalue weighted by molar-refractivity contribution is 7.89. The lowest BCUT2D eigenvalue weighted by Gasteiger charge is -2.28. The molecule has 0 aliphatic carbocycles. The van der Waals surface area contributed by atoms with E-state index in [1.165, 1.54) is 18.2 Å². The zero-order chi connectivity index (χ0) is 21.6. The summed E-state index contributed by atoms with van der Waals surface area (Å²) in [6, 6.07) is 13.6. The third-order valence-electron chi connectivity index (χ3n) is 4.43. The maximum absolute atomic E-state index is 13.1. The number of aliphatic hydroxyl groups is 1. The first-order chi connectivity index (χ1) is 13.6. The standard InChI is InChI=1S/C20H27N3O5S/c1-15(2)13-22(14-20(24)19(21)11-16-7-4-3-5-8-16)29(27,28)18-10-6-9-17(12-18)23(25)26/h3-10,12,15,19-20,24H,11,13-14,21H2,1-2H3. The molecule has 0 fully saturated rings. The van der Waals surface area contributed by atoms with E-state index >= 15 is 0 Å². The maximum atomic E-state index is 13.1. The fraction of sp³-hybridized carbons (Fsp3) is 0.400. The molecule has 0 aliphatic rings. The first-order valence-corrected chi connectivity index (χ1v) is 10.8. The summed E-state index contributed by atoms with van der Waals surface area (Å²) in [6.07, 6.45) is -0.698. The number of sulfonamides is 1. The van der Waals surface area contributed by atoms with E-state index in [4.69, 9.17) is 5.73 Å².